The molecule has 0 rings (SSSR count). The van der Waals surface area contributed by atoms with Gasteiger partial charge in [-0.2, -0.15) is 8.42 Å². The van der Waals surface area contributed by atoms with Crippen LogP contribution in [0.2, 0.25) is 0 Å². The van der Waals surface area contributed by atoms with E-state index in [1.165, 1.54) is 77.0 Å². The van der Waals surface area contributed by atoms with Gasteiger partial charge in [0.1, 0.15) is 0 Å². The Morgan fingerprint density at radius 2 is 1.12 bits per heavy atom. The van der Waals surface area contributed by atoms with Crippen LogP contribution in [0.3, 0.4) is 0 Å². The summed E-state index contributed by atoms with van der Waals surface area (Å²) in [6.07, 6.45) is 18.6. The molecule has 0 bridgehead atoms. The second kappa shape index (κ2) is 19.6. The summed E-state index contributed by atoms with van der Waals surface area (Å²) < 4.78 is 31.5. The summed E-state index contributed by atoms with van der Waals surface area (Å²) in [6, 6.07) is 0. The Kier molecular flexibility index (Phi) is 22.0. The van der Waals surface area contributed by atoms with E-state index in [1.54, 1.807) is 7.05 Å². The molecule has 0 heterocycles. The molecular formula is C19H42NNaO3S. The van der Waals surface area contributed by atoms with Crippen molar-refractivity contribution in [1.29, 1.82) is 0 Å². The van der Waals surface area contributed by atoms with Gasteiger partial charge in [-0.05, 0) is 13.5 Å². The van der Waals surface area contributed by atoms with Crippen molar-refractivity contribution in [3.8, 4) is 0 Å². The van der Waals surface area contributed by atoms with Crippen molar-refractivity contribution in [3.05, 3.63) is 0 Å². The van der Waals surface area contributed by atoms with E-state index in [-0.39, 0.29) is 29.6 Å². The maximum absolute atomic E-state index is 11.2. The quantitative estimate of drug-likeness (QED) is 0.203. The van der Waals surface area contributed by atoms with Crippen LogP contribution < -0.4 is 5.32 Å². The van der Waals surface area contributed by atoms with E-state index in [1.807, 2.05) is 0 Å². The molecule has 0 fully saturated rings. The molecule has 1 atom stereocenters. The summed E-state index contributed by atoms with van der Waals surface area (Å²) in [5.74, 6) is 0. The van der Waals surface area contributed by atoms with Crippen molar-refractivity contribution in [2.75, 3.05) is 13.6 Å². The van der Waals surface area contributed by atoms with Gasteiger partial charge in [0.05, 0.1) is 5.25 Å². The Morgan fingerprint density at radius 3 is 1.44 bits per heavy atom. The first-order valence-corrected chi connectivity index (χ1v) is 11.6. The number of nitrogens with one attached hydrogen (secondary N) is 1. The molecule has 0 aliphatic heterocycles. The van der Waals surface area contributed by atoms with Gasteiger partial charge in [-0.1, -0.05) is 96.8 Å². The molecule has 0 spiro atoms. The maximum atomic E-state index is 11.2. The first-order valence-electron chi connectivity index (χ1n) is 10.1. The molecule has 0 aromatic rings. The summed E-state index contributed by atoms with van der Waals surface area (Å²) in [4.78, 5) is 0. The first-order chi connectivity index (χ1) is 11.5. The molecule has 4 nitrogen and oxygen atoms in total. The molecular weight excluding hydrogens is 345 g/mol. The number of unbranched alkanes of at least 4 members (excludes halogenated alkanes) is 13. The van der Waals surface area contributed by atoms with Crippen molar-refractivity contribution in [3.63, 3.8) is 0 Å². The second-order valence-electron chi connectivity index (χ2n) is 7.08. The van der Waals surface area contributed by atoms with E-state index in [9.17, 15) is 8.42 Å². The fourth-order valence-corrected chi connectivity index (χ4v) is 3.99. The molecule has 0 aliphatic rings. The molecule has 0 saturated carbocycles. The van der Waals surface area contributed by atoms with Gasteiger partial charge in [-0.15, -0.1) is 0 Å². The topological polar surface area (TPSA) is 66.4 Å². The minimum absolute atomic E-state index is 0. The second-order valence-corrected chi connectivity index (χ2v) is 8.78. The van der Waals surface area contributed by atoms with Crippen LogP contribution >= 0.6 is 0 Å². The van der Waals surface area contributed by atoms with Gasteiger partial charge in [0.15, 0.2) is 0 Å². The summed E-state index contributed by atoms with van der Waals surface area (Å²) in [6.45, 7) is 2.59. The van der Waals surface area contributed by atoms with Crippen LogP contribution in [0.5, 0.6) is 0 Å². The Labute approximate surface area is 179 Å². The summed E-state index contributed by atoms with van der Waals surface area (Å²) >= 11 is 0. The molecule has 0 aromatic heterocycles. The van der Waals surface area contributed by atoms with Crippen LogP contribution in [-0.4, -0.2) is 61.4 Å². The summed E-state index contributed by atoms with van der Waals surface area (Å²) in [7, 11) is -2.20. The van der Waals surface area contributed by atoms with Gasteiger partial charge in [0, 0.05) is 6.54 Å². The Bertz CT molecular complexity index is 364. The van der Waals surface area contributed by atoms with Gasteiger partial charge in [-0.25, -0.2) is 0 Å². The zero-order chi connectivity index (χ0) is 18.1. The first kappa shape index (κ1) is 28.1. The average Bonchev–Trinajstić information content (AvgIpc) is 2.53. The minimum atomic E-state index is -3.91. The van der Waals surface area contributed by atoms with Crippen LogP contribution in [-0.2, 0) is 10.1 Å². The van der Waals surface area contributed by atoms with Gasteiger partial charge >= 0.3 is 29.6 Å². The normalized spacial score (nSPS) is 12.8. The van der Waals surface area contributed by atoms with E-state index < -0.39 is 15.4 Å². The van der Waals surface area contributed by atoms with Crippen LogP contribution in [0.1, 0.15) is 103 Å². The number of hydrogen-bond acceptors (Lipinski definition) is 3. The molecule has 0 radical (unpaired) electrons. The predicted octanol–water partition coefficient (Wildman–Crippen LogP) is 4.69. The van der Waals surface area contributed by atoms with Crippen molar-refractivity contribution in [1.82, 2.24) is 5.32 Å². The molecule has 1 unspecified atom stereocenters. The molecule has 148 valence electrons. The Balaban J connectivity index is 0. The van der Waals surface area contributed by atoms with Crippen molar-refractivity contribution >= 4 is 39.7 Å². The van der Waals surface area contributed by atoms with Gasteiger partial charge in [-0.3, -0.25) is 4.55 Å². The molecule has 0 saturated heterocycles. The molecule has 0 aliphatic carbocycles. The monoisotopic (exact) mass is 387 g/mol. The molecule has 2 N–H and O–H groups in total. The molecule has 25 heavy (non-hydrogen) atoms. The summed E-state index contributed by atoms with van der Waals surface area (Å²) in [5.41, 5.74) is 0. The molecule has 0 amide bonds. The standard InChI is InChI=1S/C19H41NO3S.Na.H/c1-3-4-5-6-7-8-9-10-11-12-13-14-15-16-17-19(18-20-2)24(21,22)23;;/h19-20H,3-18H2,1-2H3,(H,21,22,23);;. The van der Waals surface area contributed by atoms with Crippen LogP contribution in [0.4, 0.5) is 0 Å². The van der Waals surface area contributed by atoms with E-state index >= 15 is 0 Å². The molecule has 0 aromatic carbocycles. The third-order valence-corrected chi connectivity index (χ3v) is 5.98. The van der Waals surface area contributed by atoms with Crippen molar-refractivity contribution in [2.24, 2.45) is 0 Å². The third-order valence-electron chi connectivity index (χ3n) is 4.73. The van der Waals surface area contributed by atoms with E-state index in [0.29, 0.717) is 13.0 Å². The zero-order valence-electron chi connectivity index (χ0n) is 16.1. The number of rotatable bonds is 18. The van der Waals surface area contributed by atoms with Gasteiger partial charge in [0.2, 0.25) is 0 Å². The van der Waals surface area contributed by atoms with Crippen LogP contribution in [0, 0.1) is 0 Å². The van der Waals surface area contributed by atoms with E-state index in [2.05, 4.69) is 12.2 Å². The third kappa shape index (κ3) is 19.4. The van der Waals surface area contributed by atoms with E-state index in [0.717, 1.165) is 12.8 Å². The van der Waals surface area contributed by atoms with Crippen molar-refractivity contribution < 1.29 is 13.0 Å². The van der Waals surface area contributed by atoms with Crippen molar-refractivity contribution in [2.45, 2.75) is 108 Å². The van der Waals surface area contributed by atoms with Crippen LogP contribution in [0.15, 0.2) is 0 Å². The fourth-order valence-electron chi connectivity index (χ4n) is 3.15. The van der Waals surface area contributed by atoms with E-state index in [4.69, 9.17) is 4.55 Å². The Morgan fingerprint density at radius 1 is 0.760 bits per heavy atom. The predicted molar refractivity (Wildman–Crippen MR) is 111 cm³/mol. The van der Waals surface area contributed by atoms with Crippen LogP contribution in [0.25, 0.3) is 0 Å². The fraction of sp³-hybridized carbons (Fsp3) is 1.00. The Hall–Kier alpha value is 0.870. The number of hydrogen-bond donors (Lipinski definition) is 2. The average molecular weight is 388 g/mol. The summed E-state index contributed by atoms with van der Waals surface area (Å²) in [5, 5.41) is 2.18. The zero-order valence-corrected chi connectivity index (χ0v) is 16.9. The van der Waals surface area contributed by atoms with Gasteiger partial charge in [0.25, 0.3) is 10.1 Å². The van der Waals surface area contributed by atoms with Gasteiger partial charge < -0.3 is 5.32 Å². The molecule has 6 heteroatoms. The SMILES string of the molecule is CCCCCCCCCCCCCCCCC(CNC)S(=O)(=O)O.[NaH].